The number of hydrogen-bond donors (Lipinski definition) is 3. The van der Waals surface area contributed by atoms with Crippen LogP contribution in [0, 0.1) is 0 Å². The Hall–Kier alpha value is -2.86. The minimum atomic E-state index is -0.393. The van der Waals surface area contributed by atoms with Crippen LogP contribution in [0.2, 0.25) is 5.02 Å². The zero-order valence-corrected chi connectivity index (χ0v) is 15.0. The van der Waals surface area contributed by atoms with Crippen LogP contribution in [-0.4, -0.2) is 23.8 Å². The molecule has 0 aliphatic carbocycles. The van der Waals surface area contributed by atoms with E-state index in [-0.39, 0.29) is 30.7 Å². The van der Waals surface area contributed by atoms with Crippen LogP contribution in [0.15, 0.2) is 54.6 Å². The van der Waals surface area contributed by atoms with Crippen LogP contribution in [-0.2, 0) is 16.0 Å². The van der Waals surface area contributed by atoms with Crippen molar-refractivity contribution in [2.24, 2.45) is 0 Å². The van der Waals surface area contributed by atoms with Gasteiger partial charge in [0, 0.05) is 23.0 Å². The van der Waals surface area contributed by atoms with Gasteiger partial charge in [0.15, 0.2) is 0 Å². The highest BCUT2D eigenvalue weighted by molar-refractivity contribution is 6.30. The molecule has 3 amide bonds. The Labute approximate surface area is 156 Å². The van der Waals surface area contributed by atoms with E-state index in [0.717, 1.165) is 5.56 Å². The molecular weight excluding hydrogens is 354 g/mol. The molecule has 0 spiro atoms. The highest BCUT2D eigenvalue weighted by atomic mass is 35.5. The molecule has 0 saturated heterocycles. The van der Waals surface area contributed by atoms with Crippen LogP contribution in [0.5, 0.6) is 0 Å². The summed E-state index contributed by atoms with van der Waals surface area (Å²) in [5.41, 5.74) is 6.00. The van der Waals surface area contributed by atoms with Gasteiger partial charge in [-0.05, 0) is 36.8 Å². The zero-order valence-electron chi connectivity index (χ0n) is 14.3. The van der Waals surface area contributed by atoms with Gasteiger partial charge in [0.1, 0.15) is 0 Å². The summed E-state index contributed by atoms with van der Waals surface area (Å²) in [7, 11) is 0. The lowest BCUT2D eigenvalue weighted by atomic mass is 10.1. The van der Waals surface area contributed by atoms with Crippen LogP contribution in [0.1, 0.15) is 29.3 Å². The number of carbonyl (C=O) groups excluding carboxylic acids is 3. The molecule has 6 nitrogen and oxygen atoms in total. The molecule has 1 atom stereocenters. The van der Waals surface area contributed by atoms with E-state index in [0.29, 0.717) is 10.6 Å². The smallest absolute Gasteiger partial charge is 0.251 e. The second-order valence-electron chi connectivity index (χ2n) is 5.84. The average molecular weight is 374 g/mol. The van der Waals surface area contributed by atoms with Gasteiger partial charge in [-0.25, -0.2) is 0 Å². The van der Waals surface area contributed by atoms with Gasteiger partial charge in [-0.3, -0.25) is 25.2 Å². The third kappa shape index (κ3) is 6.57. The molecule has 0 aliphatic heterocycles. The number of rotatable bonds is 6. The fourth-order valence-electron chi connectivity index (χ4n) is 2.25. The predicted molar refractivity (Wildman–Crippen MR) is 99.4 cm³/mol. The van der Waals surface area contributed by atoms with E-state index >= 15 is 0 Å². The van der Waals surface area contributed by atoms with Crippen LogP contribution in [0.4, 0.5) is 0 Å². The number of halogens is 1. The Morgan fingerprint density at radius 3 is 2.19 bits per heavy atom. The SMILES string of the molecule is CC(CC(=O)NNC(=O)Cc1ccc(Cl)cc1)NC(=O)c1ccccc1. The fourth-order valence-corrected chi connectivity index (χ4v) is 2.37. The van der Waals surface area contributed by atoms with Crippen molar-refractivity contribution in [2.45, 2.75) is 25.8 Å². The molecule has 136 valence electrons. The molecule has 3 N–H and O–H groups in total. The van der Waals surface area contributed by atoms with Crippen LogP contribution in [0.25, 0.3) is 0 Å². The molecular formula is C19H20ClN3O3. The van der Waals surface area contributed by atoms with Gasteiger partial charge < -0.3 is 5.32 Å². The predicted octanol–water partition coefficient (Wildman–Crippen LogP) is 2.24. The molecule has 0 saturated carbocycles. The second kappa shape index (κ2) is 9.58. The Morgan fingerprint density at radius 1 is 0.923 bits per heavy atom. The van der Waals surface area contributed by atoms with Crippen molar-refractivity contribution in [3.8, 4) is 0 Å². The third-order valence-electron chi connectivity index (χ3n) is 3.52. The Kier molecular flexibility index (Phi) is 7.17. The fraction of sp³-hybridized carbons (Fsp3) is 0.211. The van der Waals surface area contributed by atoms with Crippen molar-refractivity contribution < 1.29 is 14.4 Å². The van der Waals surface area contributed by atoms with E-state index in [4.69, 9.17) is 11.6 Å². The summed E-state index contributed by atoms with van der Waals surface area (Å²) < 4.78 is 0. The van der Waals surface area contributed by atoms with E-state index in [1.54, 1.807) is 55.5 Å². The Bertz CT molecular complexity index is 763. The van der Waals surface area contributed by atoms with Gasteiger partial charge in [0.05, 0.1) is 6.42 Å². The van der Waals surface area contributed by atoms with E-state index < -0.39 is 5.91 Å². The van der Waals surface area contributed by atoms with Crippen LogP contribution < -0.4 is 16.2 Å². The number of carbonyl (C=O) groups is 3. The summed E-state index contributed by atoms with van der Waals surface area (Å²) in [4.78, 5) is 35.7. The standard InChI is InChI=1S/C19H20ClN3O3/c1-13(21-19(26)15-5-3-2-4-6-15)11-17(24)22-23-18(25)12-14-7-9-16(20)10-8-14/h2-10,13H,11-12H2,1H3,(H,21,26)(H,22,24)(H,23,25). The van der Waals surface area contributed by atoms with Gasteiger partial charge in [-0.2, -0.15) is 0 Å². The summed E-state index contributed by atoms with van der Waals surface area (Å²) in [6, 6.07) is 15.2. The minimum absolute atomic E-state index is 0.0415. The summed E-state index contributed by atoms with van der Waals surface area (Å²) in [6.07, 6.45) is 0.164. The molecule has 1 unspecified atom stereocenters. The summed E-state index contributed by atoms with van der Waals surface area (Å²) in [5.74, 6) is -0.991. The lowest BCUT2D eigenvalue weighted by molar-refractivity contribution is -0.128. The first-order valence-corrected chi connectivity index (χ1v) is 8.50. The van der Waals surface area contributed by atoms with Crippen molar-refractivity contribution in [1.29, 1.82) is 0 Å². The average Bonchev–Trinajstić information content (AvgIpc) is 2.62. The highest BCUT2D eigenvalue weighted by Gasteiger charge is 2.13. The maximum atomic E-state index is 12.0. The number of hydrazine groups is 1. The summed E-state index contributed by atoms with van der Waals surface area (Å²) >= 11 is 5.79. The second-order valence-corrected chi connectivity index (χ2v) is 6.28. The molecule has 7 heteroatoms. The molecule has 0 aromatic heterocycles. The summed E-state index contributed by atoms with van der Waals surface area (Å²) in [6.45, 7) is 1.72. The molecule has 2 aromatic rings. The molecule has 2 rings (SSSR count). The van der Waals surface area contributed by atoms with E-state index in [9.17, 15) is 14.4 Å². The zero-order chi connectivity index (χ0) is 18.9. The number of hydrogen-bond acceptors (Lipinski definition) is 3. The van der Waals surface area contributed by atoms with Crippen LogP contribution >= 0.6 is 11.6 Å². The Balaban J connectivity index is 1.71. The normalized spacial score (nSPS) is 11.3. The van der Waals surface area contributed by atoms with Crippen LogP contribution in [0.3, 0.4) is 0 Å². The number of benzene rings is 2. The lowest BCUT2D eigenvalue weighted by Crippen LogP contribution is -2.45. The number of nitrogens with one attached hydrogen (secondary N) is 3. The number of amides is 3. The Morgan fingerprint density at radius 2 is 1.54 bits per heavy atom. The first-order chi connectivity index (χ1) is 12.4. The van der Waals surface area contributed by atoms with E-state index in [2.05, 4.69) is 16.2 Å². The lowest BCUT2D eigenvalue weighted by Gasteiger charge is -2.14. The topological polar surface area (TPSA) is 87.3 Å². The van der Waals surface area contributed by atoms with Gasteiger partial charge >= 0.3 is 0 Å². The van der Waals surface area contributed by atoms with Crippen molar-refractivity contribution >= 4 is 29.3 Å². The first-order valence-electron chi connectivity index (χ1n) is 8.12. The quantitative estimate of drug-likeness (QED) is 0.678. The molecule has 26 heavy (non-hydrogen) atoms. The maximum Gasteiger partial charge on any atom is 0.251 e. The highest BCUT2D eigenvalue weighted by Crippen LogP contribution is 2.09. The van der Waals surface area contributed by atoms with Gasteiger partial charge in [0.2, 0.25) is 11.8 Å². The maximum absolute atomic E-state index is 12.0. The van der Waals surface area contributed by atoms with Crippen molar-refractivity contribution in [3.05, 3.63) is 70.7 Å². The van der Waals surface area contributed by atoms with E-state index in [1.807, 2.05) is 6.07 Å². The minimum Gasteiger partial charge on any atom is -0.349 e. The van der Waals surface area contributed by atoms with Crippen molar-refractivity contribution in [1.82, 2.24) is 16.2 Å². The van der Waals surface area contributed by atoms with Gasteiger partial charge in [0.25, 0.3) is 5.91 Å². The monoisotopic (exact) mass is 373 g/mol. The molecule has 0 fully saturated rings. The van der Waals surface area contributed by atoms with Gasteiger partial charge in [-0.15, -0.1) is 0 Å². The summed E-state index contributed by atoms with van der Waals surface area (Å²) in [5, 5.41) is 3.33. The van der Waals surface area contributed by atoms with Gasteiger partial charge in [-0.1, -0.05) is 41.9 Å². The van der Waals surface area contributed by atoms with E-state index in [1.165, 1.54) is 0 Å². The third-order valence-corrected chi connectivity index (χ3v) is 3.78. The van der Waals surface area contributed by atoms with Crippen molar-refractivity contribution in [2.75, 3.05) is 0 Å². The molecule has 0 radical (unpaired) electrons. The molecule has 0 heterocycles. The molecule has 0 bridgehead atoms. The largest absolute Gasteiger partial charge is 0.349 e. The first kappa shape index (κ1) is 19.5. The molecule has 2 aromatic carbocycles. The molecule has 0 aliphatic rings. The van der Waals surface area contributed by atoms with Crippen molar-refractivity contribution in [3.63, 3.8) is 0 Å².